The summed E-state index contributed by atoms with van der Waals surface area (Å²) in [5, 5.41) is 35.0. The maximum absolute atomic E-state index is 13.3. The van der Waals surface area contributed by atoms with Gasteiger partial charge in [-0.3, -0.25) is 23.5 Å². The molecule has 20 heteroatoms. The molecule has 1 aliphatic heterocycles. The lowest BCUT2D eigenvalue weighted by Crippen LogP contribution is -2.46. The Balaban J connectivity index is 1.45. The average molecular weight is 779 g/mol. The third kappa shape index (κ3) is 9.74. The fourth-order valence-corrected chi connectivity index (χ4v) is 7.81. The van der Waals surface area contributed by atoms with Crippen LogP contribution in [0.3, 0.4) is 0 Å². The number of carboxylic acids is 1. The van der Waals surface area contributed by atoms with Crippen molar-refractivity contribution in [2.75, 3.05) is 26.2 Å². The number of hydrogen-bond acceptors (Lipinski definition) is 11. The van der Waals surface area contributed by atoms with Crippen molar-refractivity contribution in [3.8, 4) is 28.2 Å². The van der Waals surface area contributed by atoms with Crippen LogP contribution in [0, 0.1) is 0 Å². The highest BCUT2D eigenvalue weighted by Gasteiger charge is 2.58. The van der Waals surface area contributed by atoms with Crippen LogP contribution in [0.15, 0.2) is 63.8 Å². The fraction of sp³-hybridized carbons (Fsp3) is 0.333. The Labute approximate surface area is 301 Å². The summed E-state index contributed by atoms with van der Waals surface area (Å²) in [7, 11) is -11.4. The van der Waals surface area contributed by atoms with E-state index in [0.717, 1.165) is 0 Å². The number of aliphatic hydroxyl groups is 1. The second-order valence-corrected chi connectivity index (χ2v) is 16.2. The number of phenols is 1. The van der Waals surface area contributed by atoms with Gasteiger partial charge in [0.1, 0.15) is 17.1 Å². The van der Waals surface area contributed by atoms with E-state index in [1.54, 1.807) is 0 Å². The number of aromatic carboxylic acids is 1. The molecule has 1 aliphatic carbocycles. The van der Waals surface area contributed by atoms with E-state index in [1.807, 2.05) is 0 Å². The van der Waals surface area contributed by atoms with Gasteiger partial charge < -0.3 is 61.0 Å². The van der Waals surface area contributed by atoms with Crippen molar-refractivity contribution in [3.05, 3.63) is 75.9 Å². The fourth-order valence-electron chi connectivity index (χ4n) is 5.65. The van der Waals surface area contributed by atoms with Gasteiger partial charge in [-0.15, -0.1) is 0 Å². The van der Waals surface area contributed by atoms with Crippen LogP contribution in [0.1, 0.15) is 52.8 Å². The number of rotatable bonds is 18. The third-order valence-electron chi connectivity index (χ3n) is 8.44. The molecule has 2 aliphatic rings. The Hall–Kier alpha value is -4.48. The van der Waals surface area contributed by atoms with Crippen molar-refractivity contribution in [1.82, 2.24) is 16.0 Å². The third-order valence-corrected chi connectivity index (χ3v) is 12.3. The minimum atomic E-state index is -5.69. The van der Waals surface area contributed by atoms with Gasteiger partial charge in [0.05, 0.1) is 11.6 Å². The molecule has 0 unspecified atom stereocenters. The van der Waals surface area contributed by atoms with E-state index in [0.29, 0.717) is 48.9 Å². The molecule has 2 aromatic carbocycles. The molecule has 0 fully saturated rings. The summed E-state index contributed by atoms with van der Waals surface area (Å²) in [4.78, 5) is 87.9. The molecule has 0 bridgehead atoms. The molecule has 4 rings (SSSR count). The standard InChI is InChI=1S/C33H40N4O14P2/c34-12-3-14-35-26(31(41)37-15-11-33(44,52(45,46)47)53(48,49)50)4-1-2-13-36-30(40)19-5-8-22(32(42)43)25(16-19)29-23-9-6-20(38)17-27(23)51-28-18-21(39)7-10-24(28)29/h5-10,16-18,26,35,38,44H,1-4,11-15,34H2,(H,36,40)(H,37,41)(H,42,43)(H2,45,46,47)(H2,48,49,50)/t26-/m0/s1. The first kappa shape index (κ1) is 41.3. The number of hydrogen-bond donors (Lipinski definition) is 11. The number of amides is 2. The molecule has 12 N–H and O–H groups in total. The van der Waals surface area contributed by atoms with Crippen LogP contribution >= 0.6 is 15.2 Å². The van der Waals surface area contributed by atoms with E-state index in [9.17, 15) is 63.2 Å². The molecule has 0 radical (unpaired) electrons. The van der Waals surface area contributed by atoms with Gasteiger partial charge in [0, 0.05) is 53.7 Å². The van der Waals surface area contributed by atoms with E-state index in [2.05, 4.69) is 16.0 Å². The van der Waals surface area contributed by atoms with E-state index in [4.69, 9.17) is 10.2 Å². The number of carbonyl (C=O) groups is 3. The molecule has 2 amide bonds. The minimum Gasteiger partial charge on any atom is -0.508 e. The van der Waals surface area contributed by atoms with Gasteiger partial charge in [-0.05, 0) is 86.8 Å². The smallest absolute Gasteiger partial charge is 0.369 e. The lowest BCUT2D eigenvalue weighted by atomic mass is 9.89. The van der Waals surface area contributed by atoms with Gasteiger partial charge in [0.2, 0.25) is 5.91 Å². The summed E-state index contributed by atoms with van der Waals surface area (Å²) in [6.07, 6.45) is 0.350. The number of carboxylic acid groups (broad SMARTS) is 1. The Bertz CT molecular complexity index is 2090. The Kier molecular flexibility index (Phi) is 13.3. The summed E-state index contributed by atoms with van der Waals surface area (Å²) < 4.78 is 29.1. The van der Waals surface area contributed by atoms with Gasteiger partial charge in [-0.1, -0.05) is 0 Å². The van der Waals surface area contributed by atoms with Crippen LogP contribution in [0.25, 0.3) is 33.4 Å². The van der Waals surface area contributed by atoms with Crippen LogP contribution in [-0.2, 0) is 13.9 Å². The zero-order valence-corrected chi connectivity index (χ0v) is 29.9. The van der Waals surface area contributed by atoms with Crippen LogP contribution < -0.4 is 27.1 Å². The summed E-state index contributed by atoms with van der Waals surface area (Å²) in [6.45, 7) is 0.126. The molecule has 0 spiro atoms. The van der Waals surface area contributed by atoms with E-state index in [1.165, 1.54) is 54.6 Å². The highest BCUT2D eigenvalue weighted by molar-refractivity contribution is 7.72. The summed E-state index contributed by atoms with van der Waals surface area (Å²) in [5.41, 5.74) is 6.28. The lowest BCUT2D eigenvalue weighted by Gasteiger charge is -2.29. The molecule has 0 aromatic heterocycles. The van der Waals surface area contributed by atoms with Crippen LogP contribution in [0.4, 0.5) is 0 Å². The van der Waals surface area contributed by atoms with Crippen molar-refractivity contribution in [2.45, 2.75) is 43.2 Å². The van der Waals surface area contributed by atoms with E-state index >= 15 is 0 Å². The second-order valence-electron chi connectivity index (χ2n) is 12.2. The molecule has 0 saturated heterocycles. The van der Waals surface area contributed by atoms with Crippen molar-refractivity contribution in [3.63, 3.8) is 0 Å². The van der Waals surface area contributed by atoms with E-state index < -0.39 is 57.1 Å². The maximum Gasteiger partial charge on any atom is 0.369 e. The Morgan fingerprint density at radius 2 is 1.57 bits per heavy atom. The predicted molar refractivity (Wildman–Crippen MR) is 191 cm³/mol. The first-order valence-electron chi connectivity index (χ1n) is 16.3. The average Bonchev–Trinajstić information content (AvgIpc) is 3.08. The number of fused-ring (bicyclic) bond motifs is 2. The second kappa shape index (κ2) is 17.1. The highest BCUT2D eigenvalue weighted by atomic mass is 31.2. The highest BCUT2D eigenvalue weighted by Crippen LogP contribution is 2.68. The Morgan fingerprint density at radius 1 is 0.849 bits per heavy atom. The largest absolute Gasteiger partial charge is 0.508 e. The van der Waals surface area contributed by atoms with Crippen LogP contribution in [0.2, 0.25) is 0 Å². The number of nitrogens with two attached hydrogens (primary N) is 1. The molecule has 286 valence electrons. The number of unbranched alkanes of at least 4 members (excludes halogenated alkanes) is 1. The topological polar surface area (TPSA) is 319 Å². The monoisotopic (exact) mass is 778 g/mol. The van der Waals surface area contributed by atoms with Gasteiger partial charge in [0.15, 0.2) is 5.43 Å². The molecular weight excluding hydrogens is 738 g/mol. The van der Waals surface area contributed by atoms with Gasteiger partial charge in [-0.2, -0.15) is 0 Å². The molecule has 0 saturated carbocycles. The lowest BCUT2D eigenvalue weighted by molar-refractivity contribution is -0.123. The molecule has 2 aromatic rings. The van der Waals surface area contributed by atoms with Gasteiger partial charge in [0.25, 0.3) is 11.0 Å². The maximum atomic E-state index is 13.3. The molecule has 18 nitrogen and oxygen atoms in total. The van der Waals surface area contributed by atoms with Crippen molar-refractivity contribution >= 4 is 43.9 Å². The quantitative estimate of drug-likeness (QED) is 0.0389. The van der Waals surface area contributed by atoms with Crippen molar-refractivity contribution < 1.29 is 62.8 Å². The van der Waals surface area contributed by atoms with Crippen LogP contribution in [-0.4, -0.2) is 90.0 Å². The normalized spacial score (nSPS) is 12.9. The van der Waals surface area contributed by atoms with Crippen molar-refractivity contribution in [1.29, 1.82) is 0 Å². The minimum absolute atomic E-state index is 0.121. The van der Waals surface area contributed by atoms with Gasteiger partial charge >= 0.3 is 21.2 Å². The first-order valence-corrected chi connectivity index (χ1v) is 19.5. The summed E-state index contributed by atoms with van der Waals surface area (Å²) >= 11 is 0. The first-order chi connectivity index (χ1) is 24.9. The Morgan fingerprint density at radius 3 is 2.23 bits per heavy atom. The molecular formula is C33H40N4O14P2. The number of aromatic hydroxyl groups is 1. The van der Waals surface area contributed by atoms with Crippen molar-refractivity contribution in [2.24, 2.45) is 5.73 Å². The zero-order valence-electron chi connectivity index (χ0n) is 28.1. The SMILES string of the molecule is NCCCN[C@@H](CCCCNC(=O)c1ccc(C(=O)O)c(-c2c3ccc(=O)cc-3oc3cc(O)ccc23)c1)C(=O)NCCC(O)(P(=O)(O)O)P(=O)(O)O. The predicted octanol–water partition coefficient (Wildman–Crippen LogP) is 1.68. The number of benzene rings is 3. The molecule has 53 heavy (non-hydrogen) atoms. The number of phenolic OH excluding ortho intramolecular Hbond substituents is 1. The van der Waals surface area contributed by atoms with Gasteiger partial charge in [-0.25, -0.2) is 4.79 Å². The molecule has 1 atom stereocenters. The zero-order chi connectivity index (χ0) is 39.1. The summed E-state index contributed by atoms with van der Waals surface area (Å²) in [6, 6.07) is 11.5. The van der Waals surface area contributed by atoms with E-state index in [-0.39, 0.29) is 52.2 Å². The summed E-state index contributed by atoms with van der Waals surface area (Å²) in [5.74, 6) is -2.44. The molecule has 1 heterocycles. The van der Waals surface area contributed by atoms with Crippen LogP contribution in [0.5, 0.6) is 5.75 Å². The number of nitrogens with one attached hydrogen (secondary N) is 3. The number of carbonyl (C=O) groups excluding carboxylic acids is 2.